The standard InChI is InChI=1S/C18H19N5O3.C14H20N6O4.C12H14FN3O3.2C11H14N4O3/c1-2-14-13(24)8-15(26-14)23-17-12(9-21-23)16(19-10-20-17)22-18(25)11-6-4-3-5-7-11;1-4-8-7(21)5-9(24-8)20-11-10(18-19-20)13(23)17-14(15-11)16-12(22)6(2)3;1-2-8-7(17)3-9(19-8)16-4-6(13)10-11(16)14-5-15-12(10)18;1-2-8-7(16)3-9(18-8)15-10-6(4-14-15)11(17)13-5-12-10;1-2-7-6(16)3-8(18-7)15-5-14-9-10(15)12-4-13-11(9)17/h3-7,9-10,13-15,24H,2,8H2,1H3,(H,19,20,22,25);6-9,21H,4-5H2,1-3H3,(H2,15,16,17,22,23);4-5,7-9,17H,2-3H2,1H3,(H,14,15,18);4-5,7-9,16H,2-3H2,1H3,(H,12,13,17);4-8,16H,2-3H2,1H3,(H,12,13,17)/t13-,14+,15+;3*7-,8+,9+;6-,7+,8+/m00000/s1. The van der Waals surface area contributed by atoms with Gasteiger partial charge in [0.1, 0.15) is 35.4 Å². The van der Waals surface area contributed by atoms with E-state index in [1.807, 2.05) is 40.7 Å². The molecule has 5 saturated heterocycles. The number of carbonyl (C=O) groups excluding carboxylic acids is 2. The number of aliphatic hydroxyl groups is 5. The zero-order valence-electron chi connectivity index (χ0n) is 58.1. The number of nitrogens with one attached hydrogen (secondary N) is 6. The van der Waals surface area contributed by atoms with Crippen LogP contribution in [0.4, 0.5) is 16.2 Å². The molecule has 39 heteroatoms. The Bertz CT molecular complexity index is 4980. The molecule has 5 fully saturated rings. The van der Waals surface area contributed by atoms with Crippen LogP contribution in [0.15, 0.2) is 99.7 Å². The van der Waals surface area contributed by atoms with E-state index in [1.54, 1.807) is 58.2 Å². The van der Waals surface area contributed by atoms with Crippen LogP contribution in [-0.2, 0) is 28.5 Å². The molecule has 11 N–H and O–H groups in total. The first kappa shape index (κ1) is 74.4. The maximum absolute atomic E-state index is 13.8. The Hall–Kier alpha value is -10.4. The van der Waals surface area contributed by atoms with Crippen LogP contribution in [0.1, 0.15) is 154 Å². The van der Waals surface area contributed by atoms with Gasteiger partial charge in [0.15, 0.2) is 63.8 Å². The first-order chi connectivity index (χ1) is 50.6. The molecule has 16 rings (SSSR count). The molecule has 38 nitrogen and oxygen atoms in total. The highest BCUT2D eigenvalue weighted by molar-refractivity contribution is 6.07. The second-order valence-corrected chi connectivity index (χ2v) is 25.8. The van der Waals surface area contributed by atoms with Gasteiger partial charge in [0.05, 0.1) is 104 Å². The normalized spacial score (nSPS) is 25.6. The number of H-pyrrole nitrogens is 4. The van der Waals surface area contributed by atoms with Crippen molar-refractivity contribution in [2.24, 2.45) is 5.92 Å². The lowest BCUT2D eigenvalue weighted by atomic mass is 10.1. The second-order valence-electron chi connectivity index (χ2n) is 25.8. The number of aromatic nitrogens is 20. The van der Waals surface area contributed by atoms with Gasteiger partial charge >= 0.3 is 0 Å². The van der Waals surface area contributed by atoms with Crippen molar-refractivity contribution < 1.29 is 63.2 Å². The van der Waals surface area contributed by atoms with Gasteiger partial charge in [-0.2, -0.15) is 19.9 Å². The highest BCUT2D eigenvalue weighted by atomic mass is 19.1. The van der Waals surface area contributed by atoms with E-state index in [4.69, 9.17) is 23.7 Å². The summed E-state index contributed by atoms with van der Waals surface area (Å²) < 4.78 is 50.3. The molecule has 2 amide bonds. The molecule has 0 aliphatic carbocycles. The van der Waals surface area contributed by atoms with E-state index in [9.17, 15) is 58.7 Å². The number of rotatable bonds is 14. The average molecular weight is 1460 g/mol. The molecule has 15 atom stereocenters. The lowest BCUT2D eigenvalue weighted by Gasteiger charge is -2.14. The number of fused-ring (bicyclic) bond motifs is 5. The number of benzene rings is 1. The van der Waals surface area contributed by atoms with Crippen molar-refractivity contribution in [3.63, 3.8) is 0 Å². The van der Waals surface area contributed by atoms with Crippen molar-refractivity contribution in [3.8, 4) is 0 Å². The SMILES string of the molecule is CC[C@H]1O[C@@H](n2cc(F)c3c(=O)[nH]cnc32)C[C@@H]1O.CC[C@H]1O[C@@H](n2cnc3c(=O)[nH]cnc32)C[C@@H]1O.CC[C@H]1O[C@@H](n2ncc3c(=O)[nH]cnc32)C[C@@H]1O.CC[C@H]1O[C@@H](n2ncc3c(NC(=O)c4ccccc4)ncnc32)C[C@@H]1O.CC[C@H]1O[C@@H](n2nnc3c(=O)[nH]c(NC(=O)C(C)C)nc32)C[C@@H]1O. The van der Waals surface area contributed by atoms with Gasteiger partial charge in [0.2, 0.25) is 11.9 Å². The number of hydrogen-bond acceptors (Lipinski definition) is 27. The number of aliphatic hydroxyl groups excluding tert-OH is 5. The summed E-state index contributed by atoms with van der Waals surface area (Å²) >= 11 is 0. The van der Waals surface area contributed by atoms with Crippen LogP contribution in [0.5, 0.6) is 0 Å². The molecule has 558 valence electrons. The van der Waals surface area contributed by atoms with Crippen molar-refractivity contribution in [2.45, 2.75) is 205 Å². The molecule has 15 heterocycles. The number of hydrogen-bond donors (Lipinski definition) is 11. The van der Waals surface area contributed by atoms with E-state index in [1.165, 1.54) is 53.3 Å². The van der Waals surface area contributed by atoms with Crippen molar-refractivity contribution in [1.82, 2.24) is 98.5 Å². The summed E-state index contributed by atoms with van der Waals surface area (Å²) in [7, 11) is 0. The summed E-state index contributed by atoms with van der Waals surface area (Å²) in [4.78, 5) is 110. The van der Waals surface area contributed by atoms with Crippen LogP contribution >= 0.6 is 0 Å². The molecule has 0 spiro atoms. The molecule has 5 aliphatic rings. The highest BCUT2D eigenvalue weighted by Crippen LogP contribution is 2.37. The maximum atomic E-state index is 13.8. The molecule has 5 aliphatic heterocycles. The minimum atomic E-state index is -0.637. The second kappa shape index (κ2) is 32.3. The zero-order chi connectivity index (χ0) is 74.5. The van der Waals surface area contributed by atoms with Gasteiger partial charge < -0.3 is 74.1 Å². The van der Waals surface area contributed by atoms with Gasteiger partial charge in [-0.05, 0) is 44.2 Å². The first-order valence-electron chi connectivity index (χ1n) is 34.5. The molecule has 105 heavy (non-hydrogen) atoms. The summed E-state index contributed by atoms with van der Waals surface area (Å²) in [6, 6.07) is 8.92. The summed E-state index contributed by atoms with van der Waals surface area (Å²) in [5.74, 6) is -0.997. The topological polar surface area (TPSA) is 503 Å². The molecule has 10 aromatic heterocycles. The lowest BCUT2D eigenvalue weighted by Crippen LogP contribution is -2.22. The van der Waals surface area contributed by atoms with Crippen LogP contribution < -0.4 is 32.9 Å². The molecule has 11 aromatic rings. The van der Waals surface area contributed by atoms with Crippen LogP contribution in [0.25, 0.3) is 55.4 Å². The Morgan fingerprint density at radius 3 is 1.58 bits per heavy atom. The number of anilines is 2. The van der Waals surface area contributed by atoms with Crippen molar-refractivity contribution >= 4 is 79.0 Å². The molecular weight excluding hydrogens is 1380 g/mol. The Labute approximate surface area is 593 Å². The van der Waals surface area contributed by atoms with Gasteiger partial charge in [-0.1, -0.05) is 71.9 Å². The van der Waals surface area contributed by atoms with Gasteiger partial charge in [0, 0.05) is 49.8 Å². The van der Waals surface area contributed by atoms with Crippen LogP contribution in [-0.4, -0.2) is 197 Å². The summed E-state index contributed by atoms with van der Waals surface area (Å²) in [6.07, 6.45) is 10.8. The minimum absolute atomic E-state index is 0.0281. The van der Waals surface area contributed by atoms with Crippen LogP contribution in [0.2, 0.25) is 0 Å². The fourth-order valence-electron chi connectivity index (χ4n) is 12.9. The summed E-state index contributed by atoms with van der Waals surface area (Å²) in [5, 5.41) is 72.1. The molecule has 0 radical (unpaired) electrons. The first-order valence-corrected chi connectivity index (χ1v) is 34.5. The van der Waals surface area contributed by atoms with Gasteiger partial charge in [-0.3, -0.25) is 43.6 Å². The summed E-state index contributed by atoms with van der Waals surface area (Å²) in [5.41, 5.74) is 1.30. The van der Waals surface area contributed by atoms with E-state index >= 15 is 0 Å². The fraction of sp³-hybridized carbons (Fsp3) is 0.500. The number of carbonyl (C=O) groups is 2. The number of nitrogens with zero attached hydrogens (tertiary/aromatic N) is 16. The Kier molecular flexibility index (Phi) is 22.9. The number of halogens is 1. The smallest absolute Gasteiger partial charge is 0.282 e. The number of amides is 2. The van der Waals surface area contributed by atoms with E-state index in [-0.39, 0.29) is 112 Å². The predicted octanol–water partition coefficient (Wildman–Crippen LogP) is 3.58. The maximum Gasteiger partial charge on any atom is 0.282 e. The Morgan fingerprint density at radius 1 is 0.543 bits per heavy atom. The largest absolute Gasteiger partial charge is 0.390 e. The highest BCUT2D eigenvalue weighted by Gasteiger charge is 2.40. The van der Waals surface area contributed by atoms with Crippen molar-refractivity contribution in [2.75, 3.05) is 10.6 Å². The van der Waals surface area contributed by atoms with E-state index in [0.717, 1.165) is 19.3 Å². The Morgan fingerprint density at radius 2 is 1.03 bits per heavy atom. The van der Waals surface area contributed by atoms with E-state index in [0.29, 0.717) is 84.0 Å². The van der Waals surface area contributed by atoms with Crippen molar-refractivity contribution in [1.29, 1.82) is 0 Å². The minimum Gasteiger partial charge on any atom is -0.390 e. The Balaban J connectivity index is 0.000000124. The third-order valence-electron chi connectivity index (χ3n) is 18.6. The number of imidazole rings is 1. The van der Waals surface area contributed by atoms with Crippen LogP contribution in [0.3, 0.4) is 0 Å². The lowest BCUT2D eigenvalue weighted by molar-refractivity contribution is -0.118. The average Bonchev–Trinajstić information content (AvgIpc) is 1.63. The number of ether oxygens (including phenoxy) is 5. The molecule has 1 aromatic carbocycles. The van der Waals surface area contributed by atoms with Gasteiger partial charge in [-0.15, -0.1) is 5.10 Å². The third-order valence-corrected chi connectivity index (χ3v) is 18.6. The quantitative estimate of drug-likeness (QED) is 0.0741. The third kappa shape index (κ3) is 15.7. The molecular formula is C66H81FN22O16. The van der Waals surface area contributed by atoms with Gasteiger partial charge in [0.25, 0.3) is 28.1 Å². The fourth-order valence-corrected chi connectivity index (χ4v) is 12.9. The number of aromatic amines is 4. The monoisotopic (exact) mass is 1460 g/mol. The van der Waals surface area contributed by atoms with E-state index in [2.05, 4.69) is 86.0 Å². The van der Waals surface area contributed by atoms with Crippen LogP contribution in [0, 0.1) is 11.7 Å². The molecule has 0 bridgehead atoms. The van der Waals surface area contributed by atoms with Crippen molar-refractivity contribution in [3.05, 3.63) is 133 Å². The van der Waals surface area contributed by atoms with Gasteiger partial charge in [-0.25, -0.2) is 43.7 Å². The zero-order valence-corrected chi connectivity index (χ0v) is 58.1. The predicted molar refractivity (Wildman–Crippen MR) is 370 cm³/mol. The molecule has 0 unspecified atom stereocenters. The van der Waals surface area contributed by atoms with E-state index < -0.39 is 59.9 Å². The molecule has 0 saturated carbocycles. The summed E-state index contributed by atoms with van der Waals surface area (Å²) in [6.45, 7) is 13.2.